The summed E-state index contributed by atoms with van der Waals surface area (Å²) < 4.78 is 7.20. The number of hydrogen-bond acceptors (Lipinski definition) is 6. The fourth-order valence-electron chi connectivity index (χ4n) is 2.25. The number of hydrogen-bond donors (Lipinski definition) is 3. The minimum atomic E-state index is -0.994. The second-order valence-corrected chi connectivity index (χ2v) is 4.43. The first kappa shape index (κ1) is 11.4. The van der Waals surface area contributed by atoms with Gasteiger partial charge in [-0.25, -0.2) is 9.97 Å². The van der Waals surface area contributed by atoms with Crippen LogP contribution in [0.4, 0.5) is 5.82 Å². The standard InChI is InChI=1S/C11H14N4O3/c1-5-7(16)8(17)11(18-5)15-3-2-6-9(12)13-4-14-10(6)15/h2-5,7-8,11,16-17H,1H3,(H2,12,13,14)/t5-,7-,8-,11-/m1/s1. The third-order valence-electron chi connectivity index (χ3n) is 3.29. The molecule has 0 aliphatic carbocycles. The number of ether oxygens (including phenoxy) is 1. The lowest BCUT2D eigenvalue weighted by molar-refractivity contribution is -0.0296. The molecule has 96 valence electrons. The van der Waals surface area contributed by atoms with E-state index < -0.39 is 24.5 Å². The van der Waals surface area contributed by atoms with Crippen molar-refractivity contribution in [2.75, 3.05) is 5.73 Å². The molecule has 0 spiro atoms. The van der Waals surface area contributed by atoms with Crippen molar-refractivity contribution in [3.63, 3.8) is 0 Å². The Morgan fingerprint density at radius 2 is 2.11 bits per heavy atom. The van der Waals surface area contributed by atoms with E-state index in [9.17, 15) is 10.2 Å². The minimum absolute atomic E-state index is 0.375. The van der Waals surface area contributed by atoms with Crippen molar-refractivity contribution >= 4 is 16.9 Å². The Labute approximate surface area is 103 Å². The highest BCUT2D eigenvalue weighted by molar-refractivity contribution is 5.86. The van der Waals surface area contributed by atoms with Crippen molar-refractivity contribution in [2.45, 2.75) is 31.5 Å². The summed E-state index contributed by atoms with van der Waals surface area (Å²) in [6, 6.07) is 1.76. The summed E-state index contributed by atoms with van der Waals surface area (Å²) in [5, 5.41) is 20.4. The zero-order valence-electron chi connectivity index (χ0n) is 9.76. The Balaban J connectivity index is 2.08. The largest absolute Gasteiger partial charge is 0.388 e. The van der Waals surface area contributed by atoms with Gasteiger partial charge in [0.15, 0.2) is 6.23 Å². The maximum Gasteiger partial charge on any atom is 0.164 e. The molecule has 0 amide bonds. The van der Waals surface area contributed by atoms with E-state index in [4.69, 9.17) is 10.5 Å². The fraction of sp³-hybridized carbons (Fsp3) is 0.455. The third kappa shape index (κ3) is 1.48. The van der Waals surface area contributed by atoms with E-state index in [1.54, 1.807) is 23.8 Å². The molecule has 1 aliphatic heterocycles. The van der Waals surface area contributed by atoms with Gasteiger partial charge in [0.05, 0.1) is 11.5 Å². The Bertz CT molecular complexity index is 585. The number of rotatable bonds is 1. The number of aromatic nitrogens is 3. The van der Waals surface area contributed by atoms with Crippen molar-refractivity contribution in [3.8, 4) is 0 Å². The maximum absolute atomic E-state index is 9.96. The molecule has 1 fully saturated rings. The van der Waals surface area contributed by atoms with Crippen LogP contribution in [0.3, 0.4) is 0 Å². The molecule has 3 heterocycles. The van der Waals surface area contributed by atoms with Gasteiger partial charge in [-0.15, -0.1) is 0 Å². The van der Waals surface area contributed by atoms with Crippen LogP contribution in [0.1, 0.15) is 13.2 Å². The predicted molar refractivity (Wildman–Crippen MR) is 63.5 cm³/mol. The Morgan fingerprint density at radius 3 is 2.78 bits per heavy atom. The SMILES string of the molecule is C[C@H]1O[C@@H](n2ccc3c(N)ncnc32)[C@H](O)[C@@H]1O. The zero-order chi connectivity index (χ0) is 12.9. The van der Waals surface area contributed by atoms with Gasteiger partial charge in [0.25, 0.3) is 0 Å². The second kappa shape index (κ2) is 3.91. The highest BCUT2D eigenvalue weighted by Gasteiger charge is 2.41. The lowest BCUT2D eigenvalue weighted by Gasteiger charge is -2.17. The molecule has 3 rings (SSSR count). The van der Waals surface area contributed by atoms with Gasteiger partial charge in [0, 0.05) is 6.20 Å². The molecule has 0 aromatic carbocycles. The average Bonchev–Trinajstić information content (AvgIpc) is 2.88. The van der Waals surface area contributed by atoms with Gasteiger partial charge < -0.3 is 25.3 Å². The topological polar surface area (TPSA) is 106 Å². The number of nitrogen functional groups attached to an aromatic ring is 1. The quantitative estimate of drug-likeness (QED) is 0.639. The van der Waals surface area contributed by atoms with Gasteiger partial charge in [-0.2, -0.15) is 0 Å². The van der Waals surface area contributed by atoms with Crippen LogP contribution in [-0.2, 0) is 4.74 Å². The highest BCUT2D eigenvalue weighted by atomic mass is 16.6. The lowest BCUT2D eigenvalue weighted by atomic mass is 10.1. The first-order valence-corrected chi connectivity index (χ1v) is 5.68. The summed E-state index contributed by atoms with van der Waals surface area (Å²) in [5.74, 6) is 0.375. The number of anilines is 1. The van der Waals surface area contributed by atoms with Gasteiger partial charge in [0.1, 0.15) is 30.0 Å². The average molecular weight is 250 g/mol. The van der Waals surface area contributed by atoms with Crippen molar-refractivity contribution < 1.29 is 14.9 Å². The molecule has 18 heavy (non-hydrogen) atoms. The highest BCUT2D eigenvalue weighted by Crippen LogP contribution is 2.32. The number of nitrogens with two attached hydrogens (primary N) is 1. The molecule has 0 radical (unpaired) electrons. The normalized spacial score (nSPS) is 32.2. The van der Waals surface area contributed by atoms with Crippen LogP contribution in [-0.4, -0.2) is 43.1 Å². The van der Waals surface area contributed by atoms with Crippen LogP contribution in [0.25, 0.3) is 11.0 Å². The van der Waals surface area contributed by atoms with Gasteiger partial charge >= 0.3 is 0 Å². The Morgan fingerprint density at radius 1 is 1.33 bits per heavy atom. The van der Waals surface area contributed by atoms with E-state index in [1.165, 1.54) is 6.33 Å². The molecular weight excluding hydrogens is 236 g/mol. The van der Waals surface area contributed by atoms with Crippen LogP contribution in [0.5, 0.6) is 0 Å². The minimum Gasteiger partial charge on any atom is -0.388 e. The molecule has 2 aromatic rings. The number of aliphatic hydroxyl groups is 2. The molecule has 4 atom stereocenters. The van der Waals surface area contributed by atoms with E-state index in [0.717, 1.165) is 0 Å². The maximum atomic E-state index is 9.96. The molecule has 0 unspecified atom stereocenters. The molecule has 1 aliphatic rings. The van der Waals surface area contributed by atoms with E-state index in [2.05, 4.69) is 9.97 Å². The second-order valence-electron chi connectivity index (χ2n) is 4.43. The Kier molecular flexibility index (Phi) is 2.47. The fourth-order valence-corrected chi connectivity index (χ4v) is 2.25. The molecule has 7 heteroatoms. The number of nitrogens with zero attached hydrogens (tertiary/aromatic N) is 3. The number of fused-ring (bicyclic) bond motifs is 1. The molecule has 0 saturated carbocycles. The molecule has 1 saturated heterocycles. The molecule has 2 aromatic heterocycles. The zero-order valence-corrected chi connectivity index (χ0v) is 9.76. The Hall–Kier alpha value is -1.70. The van der Waals surface area contributed by atoms with E-state index in [1.807, 2.05) is 0 Å². The molecule has 4 N–H and O–H groups in total. The summed E-state index contributed by atoms with van der Waals surface area (Å²) >= 11 is 0. The van der Waals surface area contributed by atoms with Crippen molar-refractivity contribution in [3.05, 3.63) is 18.6 Å². The van der Waals surface area contributed by atoms with E-state index in [-0.39, 0.29) is 0 Å². The van der Waals surface area contributed by atoms with E-state index >= 15 is 0 Å². The summed E-state index contributed by atoms with van der Waals surface area (Å²) in [5.41, 5.74) is 6.32. The summed E-state index contributed by atoms with van der Waals surface area (Å²) in [7, 11) is 0. The van der Waals surface area contributed by atoms with Crippen LogP contribution in [0.15, 0.2) is 18.6 Å². The van der Waals surface area contributed by atoms with Gasteiger partial charge in [-0.05, 0) is 13.0 Å². The first-order valence-electron chi connectivity index (χ1n) is 5.68. The van der Waals surface area contributed by atoms with Crippen LogP contribution in [0, 0.1) is 0 Å². The third-order valence-corrected chi connectivity index (χ3v) is 3.29. The molecule has 7 nitrogen and oxygen atoms in total. The van der Waals surface area contributed by atoms with Crippen molar-refractivity contribution in [1.29, 1.82) is 0 Å². The van der Waals surface area contributed by atoms with Crippen molar-refractivity contribution in [2.24, 2.45) is 0 Å². The van der Waals surface area contributed by atoms with Gasteiger partial charge in [-0.3, -0.25) is 0 Å². The summed E-state index contributed by atoms with van der Waals surface area (Å²) in [6.07, 6.45) is 0.0748. The molecular formula is C11H14N4O3. The molecule has 0 bridgehead atoms. The van der Waals surface area contributed by atoms with Crippen LogP contribution >= 0.6 is 0 Å². The predicted octanol–water partition coefficient (Wildman–Crippen LogP) is -0.347. The summed E-state index contributed by atoms with van der Waals surface area (Å²) in [6.45, 7) is 1.71. The van der Waals surface area contributed by atoms with E-state index in [0.29, 0.717) is 16.9 Å². The first-order chi connectivity index (χ1) is 8.59. The van der Waals surface area contributed by atoms with Crippen LogP contribution in [0.2, 0.25) is 0 Å². The van der Waals surface area contributed by atoms with Gasteiger partial charge in [0.2, 0.25) is 0 Å². The summed E-state index contributed by atoms with van der Waals surface area (Å²) in [4.78, 5) is 8.03. The smallest absolute Gasteiger partial charge is 0.164 e. The van der Waals surface area contributed by atoms with Gasteiger partial charge in [-0.1, -0.05) is 0 Å². The van der Waals surface area contributed by atoms with Crippen LogP contribution < -0.4 is 5.73 Å². The monoisotopic (exact) mass is 250 g/mol. The number of aliphatic hydroxyl groups excluding tert-OH is 2. The van der Waals surface area contributed by atoms with Crippen molar-refractivity contribution in [1.82, 2.24) is 14.5 Å². The lowest BCUT2D eigenvalue weighted by Crippen LogP contribution is -2.30.